The Kier molecular flexibility index (Phi) is 7.55. The van der Waals surface area contributed by atoms with Gasteiger partial charge in [-0.3, -0.25) is 9.69 Å². The molecular weight excluding hydrogens is 556 g/mol. The Hall–Kier alpha value is -3.02. The number of carbonyl (C=O) groups is 2. The number of fused-ring (bicyclic) bond motifs is 1. The Labute approximate surface area is 241 Å². The first-order valence-electron chi connectivity index (χ1n) is 14.5. The molecule has 0 spiro atoms. The number of rotatable bonds is 6. The van der Waals surface area contributed by atoms with Crippen LogP contribution in [0.15, 0.2) is 36.4 Å². The number of aromatic carboxylic acids is 1. The highest BCUT2D eigenvalue weighted by Gasteiger charge is 2.56. The van der Waals surface area contributed by atoms with Crippen LogP contribution in [0.25, 0.3) is 0 Å². The molecule has 42 heavy (non-hydrogen) atoms. The fourth-order valence-corrected chi connectivity index (χ4v) is 7.16. The Morgan fingerprint density at radius 2 is 1.90 bits per heavy atom. The molecule has 0 bridgehead atoms. The van der Waals surface area contributed by atoms with E-state index >= 15 is 0 Å². The second kappa shape index (κ2) is 10.9. The summed E-state index contributed by atoms with van der Waals surface area (Å²) in [5, 5.41) is 9.38. The van der Waals surface area contributed by atoms with Gasteiger partial charge in [-0.2, -0.15) is 13.2 Å². The molecule has 6 rings (SSSR count). The van der Waals surface area contributed by atoms with Crippen molar-refractivity contribution in [3.63, 3.8) is 0 Å². The molecule has 3 heterocycles. The molecule has 2 aromatic rings. The molecule has 5 atom stereocenters. The quantitative estimate of drug-likeness (QED) is 0.438. The minimum atomic E-state index is -4.72. The minimum absolute atomic E-state index is 0.00445. The molecule has 2 aromatic carbocycles. The molecule has 1 aliphatic carbocycles. The van der Waals surface area contributed by atoms with Crippen molar-refractivity contribution >= 4 is 11.8 Å². The van der Waals surface area contributed by atoms with Crippen molar-refractivity contribution in [3.05, 3.63) is 64.5 Å². The molecule has 7 nitrogen and oxygen atoms in total. The molecule has 0 aromatic heterocycles. The second-order valence-corrected chi connectivity index (χ2v) is 12.3. The van der Waals surface area contributed by atoms with Gasteiger partial charge in [0.1, 0.15) is 11.6 Å². The molecule has 3 aliphatic heterocycles. The fourth-order valence-electron chi connectivity index (χ4n) is 7.16. The highest BCUT2D eigenvalue weighted by molar-refractivity contribution is 5.93. The standard InChI is InChI=1S/C31H34F4N2O5/c1-17-15-37(10-8-24(17)18-3-2-4-19(11-18)29(39)40)23-7-9-30(41-16-23,21-5-6-21)28(38)26-13-20-12-22(31(33,34)35)14-25(32)27(20)42-36-26/h2-4,11-12,14,17,21,23-24,26,36H,5-10,13,15-16H2,1H3,(H,39,40)/t17-,23+,24-,26?,30-/m0/s1. The predicted octanol–water partition coefficient (Wildman–Crippen LogP) is 5.37. The van der Waals surface area contributed by atoms with E-state index in [0.29, 0.717) is 25.0 Å². The molecule has 0 radical (unpaired) electrons. The average molecular weight is 591 g/mol. The lowest BCUT2D eigenvalue weighted by Gasteiger charge is -2.47. The Bertz CT molecular complexity index is 1370. The molecular formula is C31H34F4N2O5. The van der Waals surface area contributed by atoms with Crippen molar-refractivity contribution in [1.29, 1.82) is 0 Å². The number of ether oxygens (including phenoxy) is 1. The van der Waals surface area contributed by atoms with E-state index in [-0.39, 0.29) is 47.0 Å². The molecule has 2 N–H and O–H groups in total. The zero-order valence-corrected chi connectivity index (χ0v) is 23.3. The number of hydrogen-bond acceptors (Lipinski definition) is 6. The number of Topliss-reactive ketones (excluding diaryl/α,β-unsaturated/α-hetero) is 1. The van der Waals surface area contributed by atoms with Gasteiger partial charge in [-0.1, -0.05) is 19.1 Å². The van der Waals surface area contributed by atoms with Crippen LogP contribution in [0.5, 0.6) is 5.75 Å². The third-order valence-corrected chi connectivity index (χ3v) is 9.54. The van der Waals surface area contributed by atoms with E-state index in [4.69, 9.17) is 9.57 Å². The summed E-state index contributed by atoms with van der Waals surface area (Å²) in [5.41, 5.74) is 1.76. The van der Waals surface area contributed by atoms with Crippen LogP contribution in [-0.4, -0.2) is 59.1 Å². The number of likely N-dealkylation sites (tertiary alicyclic amines) is 1. The predicted molar refractivity (Wildman–Crippen MR) is 144 cm³/mol. The maximum Gasteiger partial charge on any atom is 0.416 e. The average Bonchev–Trinajstić information content (AvgIpc) is 3.82. The van der Waals surface area contributed by atoms with Gasteiger partial charge < -0.3 is 14.7 Å². The number of halogens is 4. The van der Waals surface area contributed by atoms with E-state index in [9.17, 15) is 32.3 Å². The van der Waals surface area contributed by atoms with Crippen LogP contribution in [0.4, 0.5) is 17.6 Å². The molecule has 1 saturated carbocycles. The van der Waals surface area contributed by atoms with Crippen molar-refractivity contribution in [2.45, 2.75) is 75.2 Å². The summed E-state index contributed by atoms with van der Waals surface area (Å²) in [7, 11) is 0. The van der Waals surface area contributed by atoms with Gasteiger partial charge in [-0.15, -0.1) is 5.48 Å². The summed E-state index contributed by atoms with van der Waals surface area (Å²) in [4.78, 5) is 33.0. The normalized spacial score (nSPS) is 30.3. The van der Waals surface area contributed by atoms with Crippen LogP contribution >= 0.6 is 0 Å². The van der Waals surface area contributed by atoms with Crippen molar-refractivity contribution in [2.24, 2.45) is 11.8 Å². The van der Waals surface area contributed by atoms with E-state index in [0.717, 1.165) is 50.4 Å². The van der Waals surface area contributed by atoms with Gasteiger partial charge in [-0.05, 0) is 86.2 Å². The van der Waals surface area contributed by atoms with Gasteiger partial charge in [0, 0.05) is 24.6 Å². The highest BCUT2D eigenvalue weighted by Crippen LogP contribution is 2.49. The molecule has 3 fully saturated rings. The van der Waals surface area contributed by atoms with Crippen molar-refractivity contribution in [1.82, 2.24) is 10.4 Å². The number of carboxylic acids is 1. The molecule has 226 valence electrons. The number of nitrogens with one attached hydrogen (secondary N) is 1. The number of benzene rings is 2. The van der Waals surface area contributed by atoms with Crippen LogP contribution in [0, 0.1) is 17.7 Å². The summed E-state index contributed by atoms with van der Waals surface area (Å²) in [6.45, 7) is 4.19. The molecule has 11 heteroatoms. The molecule has 2 saturated heterocycles. The van der Waals surface area contributed by atoms with Crippen LogP contribution in [-0.2, 0) is 22.1 Å². The lowest BCUT2D eigenvalue weighted by Crippen LogP contribution is -2.60. The molecule has 4 aliphatic rings. The first-order chi connectivity index (χ1) is 20.0. The summed E-state index contributed by atoms with van der Waals surface area (Å²) < 4.78 is 60.7. The second-order valence-electron chi connectivity index (χ2n) is 12.3. The SMILES string of the molecule is C[C@H]1CN([C@@H]2CC[C@@](C(=O)C3Cc4cc(C(F)(F)F)cc(F)c4ON3)(C3CC3)OC2)CC[C@@H]1c1cccc(C(=O)O)c1. The number of ketones is 1. The van der Waals surface area contributed by atoms with Gasteiger partial charge in [-0.25, -0.2) is 9.18 Å². The summed E-state index contributed by atoms with van der Waals surface area (Å²) in [5.74, 6) is -2.04. The Morgan fingerprint density at radius 3 is 2.55 bits per heavy atom. The zero-order chi connectivity index (χ0) is 29.8. The summed E-state index contributed by atoms with van der Waals surface area (Å²) in [6.07, 6.45) is -1.04. The number of hydrogen-bond donors (Lipinski definition) is 2. The maximum atomic E-state index is 14.4. The lowest BCUT2D eigenvalue weighted by atomic mass is 9.78. The highest BCUT2D eigenvalue weighted by atomic mass is 19.4. The van der Waals surface area contributed by atoms with E-state index < -0.39 is 35.2 Å². The largest absolute Gasteiger partial charge is 0.478 e. The van der Waals surface area contributed by atoms with E-state index in [1.807, 2.05) is 6.07 Å². The number of alkyl halides is 3. The first kappa shape index (κ1) is 29.1. The number of carbonyl (C=O) groups excluding carboxylic acids is 1. The third kappa shape index (κ3) is 5.42. The number of piperidine rings is 1. The smallest absolute Gasteiger partial charge is 0.416 e. The van der Waals surface area contributed by atoms with Crippen LogP contribution in [0.3, 0.4) is 0 Å². The summed E-state index contributed by atoms with van der Waals surface area (Å²) in [6, 6.07) is 7.56. The summed E-state index contributed by atoms with van der Waals surface area (Å²) >= 11 is 0. The van der Waals surface area contributed by atoms with Crippen LogP contribution in [0.2, 0.25) is 0 Å². The zero-order valence-electron chi connectivity index (χ0n) is 23.3. The number of carboxylic acid groups (broad SMARTS) is 1. The van der Waals surface area contributed by atoms with Gasteiger partial charge >= 0.3 is 12.1 Å². The van der Waals surface area contributed by atoms with Crippen molar-refractivity contribution in [3.8, 4) is 5.75 Å². The van der Waals surface area contributed by atoms with Gasteiger partial charge in [0.2, 0.25) is 0 Å². The topological polar surface area (TPSA) is 88.1 Å². The van der Waals surface area contributed by atoms with E-state index in [2.05, 4.69) is 17.3 Å². The van der Waals surface area contributed by atoms with Gasteiger partial charge in [0.25, 0.3) is 0 Å². The van der Waals surface area contributed by atoms with Gasteiger partial charge in [0.15, 0.2) is 17.3 Å². The minimum Gasteiger partial charge on any atom is -0.478 e. The van der Waals surface area contributed by atoms with E-state index in [1.165, 1.54) is 0 Å². The number of hydroxylamine groups is 1. The Balaban J connectivity index is 1.11. The van der Waals surface area contributed by atoms with Crippen LogP contribution < -0.4 is 10.3 Å². The third-order valence-electron chi connectivity index (χ3n) is 9.54. The van der Waals surface area contributed by atoms with Crippen molar-refractivity contribution < 1.29 is 41.8 Å². The first-order valence-corrected chi connectivity index (χ1v) is 14.5. The lowest BCUT2D eigenvalue weighted by molar-refractivity contribution is -0.168. The molecule has 1 unspecified atom stereocenters. The fraction of sp³-hybridized carbons (Fsp3) is 0.548. The maximum absolute atomic E-state index is 14.4. The monoisotopic (exact) mass is 590 g/mol. The molecule has 0 amide bonds. The van der Waals surface area contributed by atoms with Crippen LogP contribution in [0.1, 0.15) is 72.0 Å². The van der Waals surface area contributed by atoms with Gasteiger partial charge in [0.05, 0.1) is 17.7 Å². The number of nitrogens with zero attached hydrogens (tertiary/aromatic N) is 1. The Morgan fingerprint density at radius 1 is 1.12 bits per heavy atom. The van der Waals surface area contributed by atoms with Crippen molar-refractivity contribution in [2.75, 3.05) is 19.7 Å². The van der Waals surface area contributed by atoms with E-state index in [1.54, 1.807) is 18.2 Å².